The summed E-state index contributed by atoms with van der Waals surface area (Å²) < 4.78 is 89.7. The molecule has 0 saturated carbocycles. The Balaban J connectivity index is 1.71. The Morgan fingerprint density at radius 1 is 1.22 bits per heavy atom. The fraction of sp³-hybridized carbons (Fsp3) is 0.200. The fourth-order valence-corrected chi connectivity index (χ4v) is 6.80. The number of benzene rings is 2. The summed E-state index contributed by atoms with van der Waals surface area (Å²) >= 11 is 0.901. The maximum absolute atomic E-state index is 13.1. The summed E-state index contributed by atoms with van der Waals surface area (Å²) in [5, 5.41) is 9.38. The molecule has 0 fully saturated rings. The topological polar surface area (TPSA) is 166 Å². The quantitative estimate of drug-likeness (QED) is 0.125. The van der Waals surface area contributed by atoms with E-state index < -0.39 is 47.0 Å². The molecule has 0 aliphatic rings. The minimum Gasteiger partial charge on any atom is -0.489 e. The van der Waals surface area contributed by atoms with Crippen molar-refractivity contribution in [3.8, 4) is 17.6 Å². The van der Waals surface area contributed by atoms with Gasteiger partial charge in [0, 0.05) is 4.70 Å². The normalized spacial score (nSPS) is 14.0. The lowest BCUT2D eigenvalue weighted by Gasteiger charge is -2.16. The number of nitrogens with two attached hydrogens (primary N) is 1. The molecule has 3 rings (SSSR count). The van der Waals surface area contributed by atoms with E-state index in [1.54, 1.807) is 18.2 Å². The van der Waals surface area contributed by atoms with Crippen LogP contribution in [0.1, 0.15) is 11.1 Å². The Hall–Kier alpha value is -3.15. The molecule has 0 bridgehead atoms. The first kappa shape index (κ1) is 27.4. The largest absolute Gasteiger partial charge is 0.489 e. The molecule has 1 unspecified atom stereocenters. The highest BCUT2D eigenvalue weighted by molar-refractivity contribution is 7.92. The number of thiophene rings is 1. The lowest BCUT2D eigenvalue weighted by atomic mass is 10.1. The molecule has 0 aliphatic heterocycles. The van der Waals surface area contributed by atoms with Crippen LogP contribution in [-0.2, 0) is 20.8 Å². The highest BCUT2D eigenvalue weighted by atomic mass is 32.2. The van der Waals surface area contributed by atoms with Crippen LogP contribution in [-0.4, -0.2) is 39.1 Å². The second-order valence-corrected chi connectivity index (χ2v) is 11.9. The van der Waals surface area contributed by atoms with Crippen LogP contribution in [0.5, 0.6) is 11.5 Å². The van der Waals surface area contributed by atoms with Crippen LogP contribution in [0.15, 0.2) is 46.7 Å². The second-order valence-electron chi connectivity index (χ2n) is 7.09. The highest BCUT2D eigenvalue weighted by Crippen LogP contribution is 2.44. The third-order valence-electron chi connectivity index (χ3n) is 4.48. The van der Waals surface area contributed by atoms with Gasteiger partial charge in [0.25, 0.3) is 10.0 Å². The van der Waals surface area contributed by atoms with Gasteiger partial charge in [-0.15, -0.1) is 11.3 Å². The van der Waals surface area contributed by atoms with E-state index in [4.69, 9.17) is 20.3 Å². The Labute approximate surface area is 207 Å². The van der Waals surface area contributed by atoms with Crippen molar-refractivity contribution in [1.29, 1.82) is 5.26 Å². The van der Waals surface area contributed by atoms with Gasteiger partial charge in [0.1, 0.15) is 35.1 Å². The zero-order valence-corrected chi connectivity index (χ0v) is 20.7. The number of hydrogen-bond donors (Lipinski definition) is 4. The van der Waals surface area contributed by atoms with E-state index in [1.165, 1.54) is 18.5 Å². The summed E-state index contributed by atoms with van der Waals surface area (Å²) in [6, 6.07) is 9.73. The first-order valence-electron chi connectivity index (χ1n) is 9.90. The number of rotatable bonds is 10. The van der Waals surface area contributed by atoms with Crippen molar-refractivity contribution in [2.45, 2.75) is 10.4 Å². The molecule has 0 spiro atoms. The zero-order chi connectivity index (χ0) is 26.6. The van der Waals surface area contributed by atoms with Gasteiger partial charge >= 0.3 is 13.8 Å². The number of fused-ring (bicyclic) bond motifs is 1. The van der Waals surface area contributed by atoms with E-state index in [2.05, 4.69) is 4.99 Å². The summed E-state index contributed by atoms with van der Waals surface area (Å²) in [6.07, 6.45) is -4.74. The number of nitrogens with one attached hydrogen (secondary N) is 2. The van der Waals surface area contributed by atoms with Gasteiger partial charge in [-0.25, -0.2) is 13.0 Å². The molecule has 3 aromatic rings. The Morgan fingerprint density at radius 2 is 1.94 bits per heavy atom. The van der Waals surface area contributed by atoms with E-state index in [-0.39, 0.29) is 4.21 Å². The standard InChI is InChI=1S/C20H18F3N4O6PS2/c21-20(22,23)17-9-16(2-1-13(17)10-24)33-34(28,29)12-27-36(30,31)19-8-14-7-15(3-4-18(14)35-19)32-6-5-26-11-25/h1-4,7-9,11,27H,5-6,12H2,(H2,25,26)(H,28,29)/p+1. The molecule has 2 aromatic carbocycles. The van der Waals surface area contributed by atoms with E-state index in [9.17, 15) is 31.0 Å². The Kier molecular flexibility index (Phi) is 8.27. The predicted molar refractivity (Wildman–Crippen MR) is 125 cm³/mol. The number of nitrogens with zero attached hydrogens (tertiary/aromatic N) is 1. The van der Waals surface area contributed by atoms with E-state index in [0.717, 1.165) is 23.5 Å². The molecule has 1 heterocycles. The van der Waals surface area contributed by atoms with Crippen LogP contribution in [0.4, 0.5) is 13.2 Å². The first-order chi connectivity index (χ1) is 16.8. The van der Waals surface area contributed by atoms with Crippen molar-refractivity contribution in [3.63, 3.8) is 0 Å². The number of halogens is 3. The van der Waals surface area contributed by atoms with Crippen LogP contribution in [0.2, 0.25) is 0 Å². The second kappa shape index (κ2) is 10.9. The molecule has 0 radical (unpaired) electrons. The number of alkyl halides is 3. The average molecular weight is 563 g/mol. The number of hydrogen-bond acceptors (Lipinski definition) is 7. The van der Waals surface area contributed by atoms with Gasteiger partial charge in [-0.1, -0.05) is 0 Å². The third-order valence-corrected chi connectivity index (χ3v) is 8.74. The summed E-state index contributed by atoms with van der Waals surface area (Å²) in [4.78, 5) is 12.8. The summed E-state index contributed by atoms with van der Waals surface area (Å²) in [5.41, 5.74) is 3.14. The van der Waals surface area contributed by atoms with Crippen LogP contribution in [0.3, 0.4) is 0 Å². The van der Waals surface area contributed by atoms with Gasteiger partial charge in [-0.2, -0.15) is 23.2 Å². The predicted octanol–water partition coefficient (Wildman–Crippen LogP) is 1.74. The number of ether oxygens (including phenoxy) is 1. The van der Waals surface area contributed by atoms with Crippen molar-refractivity contribution in [2.24, 2.45) is 5.73 Å². The smallest absolute Gasteiger partial charge is 0.417 e. The fourth-order valence-electron chi connectivity index (χ4n) is 2.88. The highest BCUT2D eigenvalue weighted by Gasteiger charge is 2.35. The van der Waals surface area contributed by atoms with Crippen molar-refractivity contribution >= 4 is 45.4 Å². The average Bonchev–Trinajstić information content (AvgIpc) is 3.24. The number of sulfonamides is 1. The molecular weight excluding hydrogens is 544 g/mol. The molecule has 5 N–H and O–H groups in total. The minimum absolute atomic E-state index is 0.160. The molecule has 16 heteroatoms. The van der Waals surface area contributed by atoms with Crippen LogP contribution in [0, 0.1) is 11.3 Å². The monoisotopic (exact) mass is 563 g/mol. The third kappa shape index (κ3) is 6.96. The van der Waals surface area contributed by atoms with E-state index >= 15 is 0 Å². The maximum atomic E-state index is 13.1. The molecule has 10 nitrogen and oxygen atoms in total. The Bertz CT molecular complexity index is 1480. The Morgan fingerprint density at radius 3 is 2.61 bits per heavy atom. The van der Waals surface area contributed by atoms with Gasteiger partial charge in [0.15, 0.2) is 0 Å². The van der Waals surface area contributed by atoms with E-state index in [1.807, 2.05) is 4.72 Å². The zero-order valence-electron chi connectivity index (χ0n) is 18.2. The first-order valence-corrected chi connectivity index (χ1v) is 14.0. The molecule has 36 heavy (non-hydrogen) atoms. The molecule has 192 valence electrons. The summed E-state index contributed by atoms with van der Waals surface area (Å²) in [5.74, 6) is -0.162. The van der Waals surface area contributed by atoms with Gasteiger partial charge < -0.3 is 14.2 Å². The SMILES string of the molecule is N#Cc1ccc(OP(=O)(O)CNS(=O)(=O)c2cc3cc(OCC[NH+]=CN)ccc3s2)cc1C(F)(F)F. The summed E-state index contributed by atoms with van der Waals surface area (Å²) in [6.45, 7) is 0.774. The van der Waals surface area contributed by atoms with Crippen molar-refractivity contribution in [2.75, 3.05) is 19.4 Å². The molecule has 1 aromatic heterocycles. The van der Waals surface area contributed by atoms with Gasteiger partial charge in [-0.05, 0) is 47.9 Å². The molecule has 0 amide bonds. The summed E-state index contributed by atoms with van der Waals surface area (Å²) in [7, 11) is -9.02. The van der Waals surface area contributed by atoms with Crippen LogP contribution < -0.4 is 24.7 Å². The molecule has 0 saturated heterocycles. The lowest BCUT2D eigenvalue weighted by Crippen LogP contribution is -2.72. The maximum Gasteiger partial charge on any atom is 0.417 e. The molecule has 1 atom stereocenters. The minimum atomic E-state index is -4.91. The van der Waals surface area contributed by atoms with Gasteiger partial charge in [0.05, 0.1) is 17.2 Å². The van der Waals surface area contributed by atoms with Crippen molar-refractivity contribution < 1.29 is 45.3 Å². The van der Waals surface area contributed by atoms with Crippen molar-refractivity contribution in [3.05, 3.63) is 53.6 Å². The lowest BCUT2D eigenvalue weighted by molar-refractivity contribution is -0.454. The number of nitriles is 1. The van der Waals surface area contributed by atoms with Crippen LogP contribution >= 0.6 is 18.9 Å². The van der Waals surface area contributed by atoms with E-state index in [0.29, 0.717) is 35.1 Å². The van der Waals surface area contributed by atoms with Gasteiger partial charge in [0.2, 0.25) is 6.34 Å². The van der Waals surface area contributed by atoms with Crippen molar-refractivity contribution in [1.82, 2.24) is 4.72 Å². The molecule has 0 aliphatic carbocycles. The van der Waals surface area contributed by atoms with Crippen LogP contribution in [0.25, 0.3) is 10.1 Å². The van der Waals surface area contributed by atoms with Gasteiger partial charge in [-0.3, -0.25) is 10.7 Å². The molecular formula is C20H19F3N4O6PS2+.